The molecule has 0 aliphatic rings. The maximum absolute atomic E-state index is 5.98. The van der Waals surface area contributed by atoms with Crippen molar-refractivity contribution >= 4 is 49.9 Å². The molecule has 0 aliphatic heterocycles. The zero-order chi connectivity index (χ0) is 14.8. The summed E-state index contributed by atoms with van der Waals surface area (Å²) >= 11 is 9.44. The van der Waals surface area contributed by atoms with Crippen LogP contribution in [0.25, 0.3) is 10.9 Å². The van der Waals surface area contributed by atoms with Gasteiger partial charge >= 0.3 is 0 Å². The molecule has 0 spiro atoms. The van der Waals surface area contributed by atoms with Crippen LogP contribution in [0.15, 0.2) is 46.9 Å². The lowest BCUT2D eigenvalue weighted by Crippen LogP contribution is -1.97. The molecule has 0 aliphatic carbocycles. The number of hydrogen-bond acceptors (Lipinski definition) is 4. The first-order valence-electron chi connectivity index (χ1n) is 6.19. The Bertz CT molecular complexity index is 810. The summed E-state index contributed by atoms with van der Waals surface area (Å²) in [5, 5.41) is 4.37. The molecule has 0 amide bonds. The number of aromatic nitrogens is 2. The number of rotatable bonds is 3. The Morgan fingerprint density at radius 2 is 1.95 bits per heavy atom. The minimum absolute atomic E-state index is 0.207. The lowest BCUT2D eigenvalue weighted by molar-refractivity contribution is 0.415. The summed E-state index contributed by atoms with van der Waals surface area (Å²) in [7, 11) is 1.63. The molecule has 106 valence electrons. The highest BCUT2D eigenvalue weighted by Gasteiger charge is 2.07. The number of nitrogens with one attached hydrogen (secondary N) is 1. The first-order chi connectivity index (χ1) is 10.2. The van der Waals surface area contributed by atoms with E-state index >= 15 is 0 Å². The Hall–Kier alpha value is -1.85. The molecule has 4 nitrogen and oxygen atoms in total. The summed E-state index contributed by atoms with van der Waals surface area (Å²) in [5.74, 6) is 1.40. The van der Waals surface area contributed by atoms with Crippen LogP contribution in [0.1, 0.15) is 0 Å². The van der Waals surface area contributed by atoms with Gasteiger partial charge in [0.05, 0.1) is 12.6 Å². The van der Waals surface area contributed by atoms with E-state index in [9.17, 15) is 0 Å². The first-order valence-corrected chi connectivity index (χ1v) is 7.37. The normalized spacial score (nSPS) is 10.6. The minimum atomic E-state index is 0.207. The van der Waals surface area contributed by atoms with Gasteiger partial charge in [-0.3, -0.25) is 0 Å². The summed E-state index contributed by atoms with van der Waals surface area (Å²) < 4.78 is 6.17. The number of hydrogen-bond donors (Lipinski definition) is 1. The fraction of sp³-hybridized carbons (Fsp3) is 0.0667. The number of benzene rings is 2. The molecule has 6 heteroatoms. The van der Waals surface area contributed by atoms with E-state index < -0.39 is 0 Å². The Kier molecular flexibility index (Phi) is 3.94. The van der Waals surface area contributed by atoms with E-state index in [0.717, 1.165) is 26.8 Å². The third-order valence-electron chi connectivity index (χ3n) is 2.95. The highest BCUT2D eigenvalue weighted by atomic mass is 79.9. The Labute approximate surface area is 135 Å². The fourth-order valence-electron chi connectivity index (χ4n) is 2.03. The van der Waals surface area contributed by atoms with Crippen LogP contribution in [0.5, 0.6) is 5.75 Å². The molecule has 0 fully saturated rings. The summed E-state index contributed by atoms with van der Waals surface area (Å²) in [4.78, 5) is 8.48. The van der Waals surface area contributed by atoms with Crippen molar-refractivity contribution in [3.8, 4) is 5.75 Å². The van der Waals surface area contributed by atoms with Gasteiger partial charge in [-0.05, 0) is 35.9 Å². The van der Waals surface area contributed by atoms with Crippen molar-refractivity contribution in [1.82, 2.24) is 9.97 Å². The van der Waals surface area contributed by atoms with Gasteiger partial charge in [0.2, 0.25) is 5.28 Å². The lowest BCUT2D eigenvalue weighted by Gasteiger charge is -2.11. The molecule has 0 atom stereocenters. The number of anilines is 2. The monoisotopic (exact) mass is 363 g/mol. The number of fused-ring (bicyclic) bond motifs is 1. The van der Waals surface area contributed by atoms with Crippen LogP contribution in [0, 0.1) is 0 Å². The average molecular weight is 365 g/mol. The van der Waals surface area contributed by atoms with Crippen molar-refractivity contribution in [2.45, 2.75) is 0 Å². The molecule has 3 rings (SSSR count). The van der Waals surface area contributed by atoms with Crippen LogP contribution < -0.4 is 10.1 Å². The molecule has 0 saturated heterocycles. The van der Waals surface area contributed by atoms with Gasteiger partial charge in [0.15, 0.2) is 0 Å². The topological polar surface area (TPSA) is 47.0 Å². The largest absolute Gasteiger partial charge is 0.497 e. The summed E-state index contributed by atoms with van der Waals surface area (Å²) in [6.45, 7) is 0. The average Bonchev–Trinajstić information content (AvgIpc) is 2.46. The zero-order valence-corrected chi connectivity index (χ0v) is 13.4. The second-order valence-electron chi connectivity index (χ2n) is 4.36. The van der Waals surface area contributed by atoms with Gasteiger partial charge in [-0.15, -0.1) is 0 Å². The van der Waals surface area contributed by atoms with Gasteiger partial charge < -0.3 is 10.1 Å². The molecular formula is C15H11BrClN3O. The predicted octanol–water partition coefficient (Wildman–Crippen LogP) is 4.80. The maximum Gasteiger partial charge on any atom is 0.224 e. The van der Waals surface area contributed by atoms with Crippen molar-refractivity contribution in [2.75, 3.05) is 12.4 Å². The van der Waals surface area contributed by atoms with Crippen LogP contribution >= 0.6 is 27.5 Å². The molecule has 0 radical (unpaired) electrons. The van der Waals surface area contributed by atoms with Gasteiger partial charge in [-0.25, -0.2) is 4.98 Å². The Balaban J connectivity index is 2.07. The summed E-state index contributed by atoms with van der Waals surface area (Å²) in [6, 6.07) is 13.4. The van der Waals surface area contributed by atoms with Crippen LogP contribution in [0.2, 0.25) is 5.28 Å². The SMILES string of the molecule is COc1cc(Br)cc(Nc2nc(Cl)nc3ccccc23)c1. The van der Waals surface area contributed by atoms with E-state index in [1.165, 1.54) is 0 Å². The summed E-state index contributed by atoms with van der Waals surface area (Å²) in [5.41, 5.74) is 1.64. The van der Waals surface area contributed by atoms with E-state index in [-0.39, 0.29) is 5.28 Å². The number of nitrogens with zero attached hydrogens (tertiary/aromatic N) is 2. The molecule has 1 aromatic heterocycles. The molecule has 21 heavy (non-hydrogen) atoms. The molecular weight excluding hydrogens is 354 g/mol. The number of halogens is 2. The zero-order valence-electron chi connectivity index (χ0n) is 11.1. The van der Waals surface area contributed by atoms with Gasteiger partial charge in [0, 0.05) is 21.6 Å². The van der Waals surface area contributed by atoms with Crippen molar-refractivity contribution in [1.29, 1.82) is 0 Å². The Morgan fingerprint density at radius 1 is 1.14 bits per heavy atom. The molecule has 3 aromatic rings. The van der Waals surface area contributed by atoms with Crippen LogP contribution in [0.3, 0.4) is 0 Å². The van der Waals surface area contributed by atoms with Crippen LogP contribution in [-0.2, 0) is 0 Å². The summed E-state index contributed by atoms with van der Waals surface area (Å²) in [6.07, 6.45) is 0. The van der Waals surface area contributed by atoms with E-state index in [1.54, 1.807) is 7.11 Å². The van der Waals surface area contributed by atoms with Crippen molar-refractivity contribution in [2.24, 2.45) is 0 Å². The smallest absolute Gasteiger partial charge is 0.224 e. The molecule has 2 aromatic carbocycles. The van der Waals surface area contributed by atoms with Crippen molar-refractivity contribution < 1.29 is 4.74 Å². The van der Waals surface area contributed by atoms with Gasteiger partial charge in [-0.2, -0.15) is 4.98 Å². The van der Waals surface area contributed by atoms with Crippen molar-refractivity contribution in [3.63, 3.8) is 0 Å². The van der Waals surface area contributed by atoms with E-state index in [2.05, 4.69) is 31.2 Å². The molecule has 1 N–H and O–H groups in total. The van der Waals surface area contributed by atoms with E-state index in [4.69, 9.17) is 16.3 Å². The quantitative estimate of drug-likeness (QED) is 0.678. The molecule has 0 bridgehead atoms. The van der Waals surface area contributed by atoms with Crippen LogP contribution in [0.4, 0.5) is 11.5 Å². The third-order valence-corrected chi connectivity index (χ3v) is 3.57. The van der Waals surface area contributed by atoms with Crippen molar-refractivity contribution in [3.05, 3.63) is 52.2 Å². The lowest BCUT2D eigenvalue weighted by atomic mass is 10.2. The third kappa shape index (κ3) is 3.09. The van der Waals surface area contributed by atoms with Gasteiger partial charge in [0.25, 0.3) is 0 Å². The molecule has 0 unspecified atom stereocenters. The fourth-order valence-corrected chi connectivity index (χ4v) is 2.68. The molecule has 0 saturated carbocycles. The Morgan fingerprint density at radius 3 is 2.76 bits per heavy atom. The molecule has 1 heterocycles. The number of methoxy groups -OCH3 is 1. The van der Waals surface area contributed by atoms with E-state index in [1.807, 2.05) is 42.5 Å². The highest BCUT2D eigenvalue weighted by Crippen LogP contribution is 2.29. The predicted molar refractivity (Wildman–Crippen MR) is 88.5 cm³/mol. The standard InChI is InChI=1S/C15H11BrClN3O/c1-21-11-7-9(16)6-10(8-11)18-14-12-4-2-3-5-13(12)19-15(17)20-14/h2-8H,1H3,(H,18,19,20). The second kappa shape index (κ2) is 5.87. The second-order valence-corrected chi connectivity index (χ2v) is 5.62. The van der Waals surface area contributed by atoms with Crippen LogP contribution in [-0.4, -0.2) is 17.1 Å². The first kappa shape index (κ1) is 14.1. The number of para-hydroxylation sites is 1. The maximum atomic E-state index is 5.98. The highest BCUT2D eigenvalue weighted by molar-refractivity contribution is 9.10. The van der Waals surface area contributed by atoms with Gasteiger partial charge in [0.1, 0.15) is 11.6 Å². The number of ether oxygens (including phenoxy) is 1. The minimum Gasteiger partial charge on any atom is -0.497 e. The van der Waals surface area contributed by atoms with E-state index in [0.29, 0.717) is 5.82 Å². The van der Waals surface area contributed by atoms with Gasteiger partial charge in [-0.1, -0.05) is 28.1 Å².